The van der Waals surface area contributed by atoms with Crippen LogP contribution in [0.3, 0.4) is 0 Å². The molecule has 1 unspecified atom stereocenters. The van der Waals surface area contributed by atoms with E-state index in [0.717, 1.165) is 17.5 Å². The lowest BCUT2D eigenvalue weighted by Gasteiger charge is -2.38. The first-order valence-electron chi connectivity index (χ1n) is 6.43. The molecule has 3 nitrogen and oxygen atoms in total. The summed E-state index contributed by atoms with van der Waals surface area (Å²) >= 11 is 0. The van der Waals surface area contributed by atoms with Crippen molar-refractivity contribution in [2.75, 3.05) is 11.4 Å². The predicted molar refractivity (Wildman–Crippen MR) is 68.9 cm³/mol. The average Bonchev–Trinajstić information content (AvgIpc) is 2.33. The maximum absolute atomic E-state index is 13.1. The lowest BCUT2D eigenvalue weighted by Crippen LogP contribution is -2.49. The van der Waals surface area contributed by atoms with E-state index in [0.29, 0.717) is 12.1 Å². The number of carbonyl (C=O) groups is 1. The zero-order valence-corrected chi connectivity index (χ0v) is 11.1. The molecule has 110 valence electrons. The van der Waals surface area contributed by atoms with E-state index < -0.39 is 24.6 Å². The third-order valence-electron chi connectivity index (χ3n) is 3.51. The van der Waals surface area contributed by atoms with Crippen LogP contribution in [-0.4, -0.2) is 29.8 Å². The van der Waals surface area contributed by atoms with Crippen molar-refractivity contribution in [1.29, 1.82) is 0 Å². The van der Waals surface area contributed by atoms with E-state index in [1.807, 2.05) is 13.0 Å². The maximum Gasteiger partial charge on any atom is 0.409 e. The van der Waals surface area contributed by atoms with E-state index in [-0.39, 0.29) is 6.54 Å². The second-order valence-corrected chi connectivity index (χ2v) is 5.08. The number of nitrogens with zero attached hydrogens (tertiary/aromatic N) is 1. The number of aryl methyl sites for hydroxylation is 2. The number of aliphatic carboxylic acids is 1. The molecule has 0 spiro atoms. The first-order chi connectivity index (χ1) is 9.29. The number of hydrogen-bond donors (Lipinski definition) is 1. The quantitative estimate of drug-likeness (QED) is 0.928. The molecule has 0 aromatic heterocycles. The van der Waals surface area contributed by atoms with Crippen LogP contribution in [0.2, 0.25) is 0 Å². The predicted octanol–water partition coefficient (Wildman–Crippen LogP) is 3.15. The van der Waals surface area contributed by atoms with Crippen molar-refractivity contribution >= 4 is 11.7 Å². The minimum absolute atomic E-state index is 0.230. The van der Waals surface area contributed by atoms with Gasteiger partial charge >= 0.3 is 12.1 Å². The van der Waals surface area contributed by atoms with Crippen LogP contribution in [0.15, 0.2) is 18.2 Å². The van der Waals surface area contributed by atoms with Crippen LogP contribution < -0.4 is 4.90 Å². The highest BCUT2D eigenvalue weighted by Gasteiger charge is 2.45. The molecule has 1 aliphatic rings. The fourth-order valence-electron chi connectivity index (χ4n) is 2.65. The summed E-state index contributed by atoms with van der Waals surface area (Å²) in [5.74, 6) is -1.44. The van der Waals surface area contributed by atoms with Crippen LogP contribution in [0.25, 0.3) is 0 Å². The van der Waals surface area contributed by atoms with Gasteiger partial charge in [-0.05, 0) is 31.4 Å². The summed E-state index contributed by atoms with van der Waals surface area (Å²) in [6.07, 6.45) is -4.16. The van der Waals surface area contributed by atoms with Crippen molar-refractivity contribution in [2.24, 2.45) is 0 Å². The van der Waals surface area contributed by atoms with Crippen LogP contribution in [0.4, 0.5) is 18.9 Å². The number of rotatable bonds is 3. The molecule has 6 heteroatoms. The summed E-state index contributed by atoms with van der Waals surface area (Å²) in [5, 5.41) is 8.74. The molecule has 0 bridgehead atoms. The summed E-state index contributed by atoms with van der Waals surface area (Å²) in [5.41, 5.74) is 2.36. The Hall–Kier alpha value is -1.72. The molecule has 1 N–H and O–H groups in total. The van der Waals surface area contributed by atoms with Crippen LogP contribution in [0.5, 0.6) is 0 Å². The number of carboxylic acid groups (broad SMARTS) is 1. The van der Waals surface area contributed by atoms with Gasteiger partial charge in [0.15, 0.2) is 0 Å². The number of carboxylic acids is 1. The molecule has 1 aromatic rings. The molecule has 0 amide bonds. The fraction of sp³-hybridized carbons (Fsp3) is 0.500. The smallest absolute Gasteiger partial charge is 0.409 e. The van der Waals surface area contributed by atoms with Crippen molar-refractivity contribution in [3.8, 4) is 0 Å². The molecule has 1 heterocycles. The minimum atomic E-state index is -4.56. The normalized spacial score (nSPS) is 16.7. The van der Waals surface area contributed by atoms with Crippen LogP contribution in [0.1, 0.15) is 24.0 Å². The Balaban J connectivity index is 2.38. The molecule has 2 rings (SSSR count). The van der Waals surface area contributed by atoms with Crippen LogP contribution in [0, 0.1) is 6.92 Å². The molecule has 0 saturated carbocycles. The molecular weight excluding hydrogens is 271 g/mol. The monoisotopic (exact) mass is 287 g/mol. The van der Waals surface area contributed by atoms with E-state index in [1.165, 1.54) is 4.90 Å². The van der Waals surface area contributed by atoms with Gasteiger partial charge in [-0.3, -0.25) is 4.79 Å². The Morgan fingerprint density at radius 1 is 1.45 bits per heavy atom. The Morgan fingerprint density at radius 3 is 2.75 bits per heavy atom. The van der Waals surface area contributed by atoms with Crippen molar-refractivity contribution in [2.45, 2.75) is 38.4 Å². The van der Waals surface area contributed by atoms with Gasteiger partial charge in [0.05, 0.1) is 6.42 Å². The Morgan fingerprint density at radius 2 is 2.15 bits per heavy atom. The largest absolute Gasteiger partial charge is 0.481 e. The molecule has 20 heavy (non-hydrogen) atoms. The molecule has 0 saturated heterocycles. The highest BCUT2D eigenvalue weighted by Crippen LogP contribution is 2.36. The average molecular weight is 287 g/mol. The van der Waals surface area contributed by atoms with E-state index in [4.69, 9.17) is 5.11 Å². The first-order valence-corrected chi connectivity index (χ1v) is 6.43. The topological polar surface area (TPSA) is 40.5 Å². The summed E-state index contributed by atoms with van der Waals surface area (Å²) in [6.45, 7) is 2.12. The van der Waals surface area contributed by atoms with E-state index >= 15 is 0 Å². The van der Waals surface area contributed by atoms with Gasteiger partial charge in [0, 0.05) is 12.2 Å². The SMILES string of the molecule is Cc1ccc2c(c1)CCCN2C(CC(=O)O)C(F)(F)F. The van der Waals surface area contributed by atoms with Gasteiger partial charge in [-0.2, -0.15) is 13.2 Å². The number of alkyl halides is 3. The van der Waals surface area contributed by atoms with E-state index in [2.05, 4.69) is 0 Å². The molecular formula is C14H16F3NO2. The first kappa shape index (κ1) is 14.7. The lowest BCUT2D eigenvalue weighted by atomic mass is 9.97. The van der Waals surface area contributed by atoms with Gasteiger partial charge in [0.2, 0.25) is 0 Å². The Kier molecular flexibility index (Phi) is 3.92. The third kappa shape index (κ3) is 3.05. The molecule has 0 radical (unpaired) electrons. The lowest BCUT2D eigenvalue weighted by molar-refractivity contribution is -0.162. The summed E-state index contributed by atoms with van der Waals surface area (Å²) in [6, 6.07) is 3.31. The molecule has 1 atom stereocenters. The highest BCUT2D eigenvalue weighted by atomic mass is 19.4. The van der Waals surface area contributed by atoms with Gasteiger partial charge in [-0.25, -0.2) is 0 Å². The standard InChI is InChI=1S/C14H16F3NO2/c1-9-4-5-11-10(7-9)3-2-6-18(11)12(8-13(19)20)14(15,16)17/h4-5,7,12H,2-3,6,8H2,1H3,(H,19,20). The molecule has 0 aliphatic carbocycles. The van der Waals surface area contributed by atoms with Gasteiger partial charge in [-0.1, -0.05) is 17.7 Å². The van der Waals surface area contributed by atoms with Gasteiger partial charge in [0.1, 0.15) is 6.04 Å². The number of hydrogen-bond acceptors (Lipinski definition) is 2. The number of fused-ring (bicyclic) bond motifs is 1. The zero-order valence-electron chi connectivity index (χ0n) is 11.1. The highest BCUT2D eigenvalue weighted by molar-refractivity contribution is 5.69. The van der Waals surface area contributed by atoms with Gasteiger partial charge in [-0.15, -0.1) is 0 Å². The second-order valence-electron chi connectivity index (χ2n) is 5.08. The Bertz CT molecular complexity index is 514. The fourth-order valence-corrected chi connectivity index (χ4v) is 2.65. The third-order valence-corrected chi connectivity index (χ3v) is 3.51. The maximum atomic E-state index is 13.1. The van der Waals surface area contributed by atoms with Gasteiger partial charge in [0.25, 0.3) is 0 Å². The molecule has 0 fully saturated rings. The van der Waals surface area contributed by atoms with Crippen molar-refractivity contribution in [3.05, 3.63) is 29.3 Å². The van der Waals surface area contributed by atoms with Gasteiger partial charge < -0.3 is 10.0 Å². The molecule has 1 aromatic carbocycles. The zero-order chi connectivity index (χ0) is 14.9. The van der Waals surface area contributed by atoms with Crippen molar-refractivity contribution < 1.29 is 23.1 Å². The number of anilines is 1. The number of halogens is 3. The second kappa shape index (κ2) is 5.34. The minimum Gasteiger partial charge on any atom is -0.481 e. The van der Waals surface area contributed by atoms with Crippen LogP contribution in [-0.2, 0) is 11.2 Å². The van der Waals surface area contributed by atoms with Crippen LogP contribution >= 0.6 is 0 Å². The number of benzene rings is 1. The van der Waals surface area contributed by atoms with Crippen molar-refractivity contribution in [1.82, 2.24) is 0 Å². The summed E-state index contributed by atoms with van der Waals surface area (Å²) in [7, 11) is 0. The van der Waals surface area contributed by atoms with Crippen molar-refractivity contribution in [3.63, 3.8) is 0 Å². The van der Waals surface area contributed by atoms with E-state index in [1.54, 1.807) is 12.1 Å². The summed E-state index contributed by atoms with van der Waals surface area (Å²) in [4.78, 5) is 11.9. The summed E-state index contributed by atoms with van der Waals surface area (Å²) < 4.78 is 39.4. The van der Waals surface area contributed by atoms with E-state index in [9.17, 15) is 18.0 Å². The molecule has 1 aliphatic heterocycles. The Labute approximate surface area is 115 Å².